The number of amides is 2. The van der Waals surface area contributed by atoms with Crippen LogP contribution in [-0.2, 0) is 9.53 Å². The summed E-state index contributed by atoms with van der Waals surface area (Å²) in [6.07, 6.45) is -0.594. The van der Waals surface area contributed by atoms with Crippen LogP contribution in [0.5, 0.6) is 0 Å². The lowest BCUT2D eigenvalue weighted by Crippen LogP contribution is -2.63. The first-order valence-electron chi connectivity index (χ1n) is 5.12. The SMILES string of the molecule is CC(C)OC(=O)N1CCNC(=O)C1(C)C. The largest absolute Gasteiger partial charge is 0.447 e. The van der Waals surface area contributed by atoms with Gasteiger partial charge in [0.05, 0.1) is 6.10 Å². The predicted octanol–water partition coefficient (Wildman–Crippen LogP) is 0.742. The van der Waals surface area contributed by atoms with Crippen molar-refractivity contribution in [3.05, 3.63) is 0 Å². The molecule has 1 aliphatic heterocycles. The number of piperazine rings is 1. The number of rotatable bonds is 1. The fourth-order valence-electron chi connectivity index (χ4n) is 1.48. The van der Waals surface area contributed by atoms with Crippen LogP contribution in [0.1, 0.15) is 27.7 Å². The topological polar surface area (TPSA) is 58.6 Å². The highest BCUT2D eigenvalue weighted by molar-refractivity contribution is 5.90. The van der Waals surface area contributed by atoms with E-state index >= 15 is 0 Å². The van der Waals surface area contributed by atoms with Crippen LogP contribution in [0.3, 0.4) is 0 Å². The van der Waals surface area contributed by atoms with Gasteiger partial charge in [0.15, 0.2) is 0 Å². The van der Waals surface area contributed by atoms with Crippen LogP contribution in [0.25, 0.3) is 0 Å². The van der Waals surface area contributed by atoms with E-state index in [4.69, 9.17) is 4.74 Å². The van der Waals surface area contributed by atoms with Crippen LogP contribution < -0.4 is 5.32 Å². The summed E-state index contributed by atoms with van der Waals surface area (Å²) in [5, 5.41) is 2.72. The Kier molecular flexibility index (Phi) is 3.21. The number of hydrogen-bond acceptors (Lipinski definition) is 3. The zero-order valence-electron chi connectivity index (χ0n) is 9.66. The molecule has 86 valence electrons. The second kappa shape index (κ2) is 4.08. The van der Waals surface area contributed by atoms with Gasteiger partial charge in [0.25, 0.3) is 0 Å². The summed E-state index contributed by atoms with van der Waals surface area (Å²) in [5.74, 6) is -0.144. The van der Waals surface area contributed by atoms with Crippen molar-refractivity contribution in [3.8, 4) is 0 Å². The third kappa shape index (κ3) is 2.40. The third-order valence-corrected chi connectivity index (χ3v) is 2.41. The number of nitrogens with one attached hydrogen (secondary N) is 1. The lowest BCUT2D eigenvalue weighted by atomic mass is 10.00. The van der Waals surface area contributed by atoms with E-state index < -0.39 is 11.6 Å². The number of carbonyl (C=O) groups is 2. The Balaban J connectivity index is 2.75. The second-order valence-corrected chi connectivity index (χ2v) is 4.40. The molecule has 1 fully saturated rings. The highest BCUT2D eigenvalue weighted by atomic mass is 16.6. The molecule has 0 radical (unpaired) electrons. The van der Waals surface area contributed by atoms with Gasteiger partial charge in [-0.2, -0.15) is 0 Å². The number of ether oxygens (including phenoxy) is 1. The van der Waals surface area contributed by atoms with E-state index in [-0.39, 0.29) is 12.0 Å². The summed E-state index contributed by atoms with van der Waals surface area (Å²) >= 11 is 0. The van der Waals surface area contributed by atoms with Gasteiger partial charge < -0.3 is 10.1 Å². The van der Waals surface area contributed by atoms with E-state index in [1.807, 2.05) is 0 Å². The van der Waals surface area contributed by atoms with Crippen LogP contribution >= 0.6 is 0 Å². The quantitative estimate of drug-likeness (QED) is 0.700. The number of carbonyl (C=O) groups excluding carboxylic acids is 2. The molecule has 2 amide bonds. The maximum absolute atomic E-state index is 11.7. The van der Waals surface area contributed by atoms with Gasteiger partial charge in [-0.05, 0) is 27.7 Å². The van der Waals surface area contributed by atoms with E-state index in [0.717, 1.165) is 0 Å². The van der Waals surface area contributed by atoms with E-state index in [9.17, 15) is 9.59 Å². The van der Waals surface area contributed by atoms with Gasteiger partial charge in [0.1, 0.15) is 5.54 Å². The molecule has 0 aromatic carbocycles. The fraction of sp³-hybridized carbons (Fsp3) is 0.800. The summed E-state index contributed by atoms with van der Waals surface area (Å²) in [7, 11) is 0. The molecule has 15 heavy (non-hydrogen) atoms. The molecule has 5 nitrogen and oxygen atoms in total. The molecule has 5 heteroatoms. The molecule has 0 saturated carbocycles. The first-order chi connectivity index (χ1) is 6.85. The highest BCUT2D eigenvalue weighted by Gasteiger charge is 2.41. The van der Waals surface area contributed by atoms with E-state index in [2.05, 4.69) is 5.32 Å². The minimum absolute atomic E-state index is 0.144. The molecule has 0 unspecified atom stereocenters. The van der Waals surface area contributed by atoms with E-state index in [0.29, 0.717) is 13.1 Å². The molecule has 0 aliphatic carbocycles. The summed E-state index contributed by atoms with van der Waals surface area (Å²) in [5.41, 5.74) is -0.829. The number of nitrogens with zero attached hydrogens (tertiary/aromatic N) is 1. The minimum atomic E-state index is -0.829. The summed E-state index contributed by atoms with van der Waals surface area (Å²) in [4.78, 5) is 24.7. The van der Waals surface area contributed by atoms with Crippen molar-refractivity contribution >= 4 is 12.0 Å². The standard InChI is InChI=1S/C10H18N2O3/c1-7(2)15-9(14)12-6-5-11-8(13)10(12,3)4/h7H,5-6H2,1-4H3,(H,11,13). The number of hydrogen-bond donors (Lipinski definition) is 1. The van der Waals surface area contributed by atoms with Crippen LogP contribution in [0.2, 0.25) is 0 Å². The zero-order valence-corrected chi connectivity index (χ0v) is 9.66. The molecule has 0 aromatic heterocycles. The van der Waals surface area contributed by atoms with E-state index in [1.165, 1.54) is 4.90 Å². The Hall–Kier alpha value is -1.26. The van der Waals surface area contributed by atoms with Gasteiger partial charge in [-0.25, -0.2) is 4.79 Å². The predicted molar refractivity (Wildman–Crippen MR) is 55.4 cm³/mol. The maximum atomic E-state index is 11.7. The average Bonchev–Trinajstić information content (AvgIpc) is 2.08. The Morgan fingerprint density at radius 1 is 1.53 bits per heavy atom. The van der Waals surface area contributed by atoms with Crippen molar-refractivity contribution in [1.82, 2.24) is 10.2 Å². The Morgan fingerprint density at radius 3 is 2.67 bits per heavy atom. The van der Waals surface area contributed by atoms with Crippen molar-refractivity contribution in [2.45, 2.75) is 39.3 Å². The molecule has 1 aliphatic rings. The Bertz CT molecular complexity index is 274. The molecular formula is C10H18N2O3. The van der Waals surface area contributed by atoms with Crippen LogP contribution in [0.15, 0.2) is 0 Å². The molecule has 0 atom stereocenters. The smallest absolute Gasteiger partial charge is 0.410 e. The molecule has 0 bridgehead atoms. The van der Waals surface area contributed by atoms with Crippen molar-refractivity contribution in [1.29, 1.82) is 0 Å². The lowest BCUT2D eigenvalue weighted by molar-refractivity contribution is -0.134. The summed E-state index contributed by atoms with van der Waals surface area (Å²) in [6, 6.07) is 0. The minimum Gasteiger partial charge on any atom is -0.447 e. The lowest BCUT2D eigenvalue weighted by Gasteiger charge is -2.40. The Morgan fingerprint density at radius 2 is 2.13 bits per heavy atom. The van der Waals surface area contributed by atoms with E-state index in [1.54, 1.807) is 27.7 Å². The van der Waals surface area contributed by atoms with Crippen LogP contribution in [0, 0.1) is 0 Å². The summed E-state index contributed by atoms with van der Waals surface area (Å²) in [6.45, 7) is 7.97. The Labute approximate surface area is 89.8 Å². The maximum Gasteiger partial charge on any atom is 0.410 e. The molecule has 1 saturated heterocycles. The van der Waals surface area contributed by atoms with Crippen molar-refractivity contribution in [3.63, 3.8) is 0 Å². The van der Waals surface area contributed by atoms with Gasteiger partial charge >= 0.3 is 6.09 Å². The molecule has 0 aromatic rings. The van der Waals surface area contributed by atoms with Gasteiger partial charge in [-0.3, -0.25) is 9.69 Å². The van der Waals surface area contributed by atoms with Gasteiger partial charge in [-0.1, -0.05) is 0 Å². The molecule has 1 rings (SSSR count). The van der Waals surface area contributed by atoms with Crippen LogP contribution in [0.4, 0.5) is 4.79 Å². The molecular weight excluding hydrogens is 196 g/mol. The first kappa shape index (κ1) is 11.8. The zero-order chi connectivity index (χ0) is 11.6. The normalized spacial score (nSPS) is 20.1. The summed E-state index contributed by atoms with van der Waals surface area (Å²) < 4.78 is 5.08. The van der Waals surface area contributed by atoms with Gasteiger partial charge in [0.2, 0.25) is 5.91 Å². The second-order valence-electron chi connectivity index (χ2n) is 4.40. The molecule has 0 spiro atoms. The first-order valence-corrected chi connectivity index (χ1v) is 5.12. The fourth-order valence-corrected chi connectivity index (χ4v) is 1.48. The van der Waals surface area contributed by atoms with Gasteiger partial charge in [-0.15, -0.1) is 0 Å². The van der Waals surface area contributed by atoms with Crippen LogP contribution in [-0.4, -0.2) is 41.6 Å². The highest BCUT2D eigenvalue weighted by Crippen LogP contribution is 2.18. The third-order valence-electron chi connectivity index (χ3n) is 2.41. The average molecular weight is 214 g/mol. The van der Waals surface area contributed by atoms with Crippen molar-refractivity contribution in [2.75, 3.05) is 13.1 Å². The van der Waals surface area contributed by atoms with Gasteiger partial charge in [0, 0.05) is 13.1 Å². The van der Waals surface area contributed by atoms with Crippen molar-refractivity contribution in [2.24, 2.45) is 0 Å². The monoisotopic (exact) mass is 214 g/mol. The molecule has 1 N–H and O–H groups in total. The molecule has 1 heterocycles. The van der Waals surface area contributed by atoms with Crippen molar-refractivity contribution < 1.29 is 14.3 Å².